The van der Waals surface area contributed by atoms with Crippen LogP contribution in [0.1, 0.15) is 33.1 Å². The molecule has 0 radical (unpaired) electrons. The first-order valence-electron chi connectivity index (χ1n) is 4.63. The second kappa shape index (κ2) is 0.790. The van der Waals surface area contributed by atoms with Crippen LogP contribution in [-0.2, 0) is 0 Å². The third-order valence-corrected chi connectivity index (χ3v) is 5.71. The monoisotopic (exact) mass is 134 g/mol. The summed E-state index contributed by atoms with van der Waals surface area (Å²) in [6, 6.07) is 0. The summed E-state index contributed by atoms with van der Waals surface area (Å²) in [5, 5.41) is 0. The van der Waals surface area contributed by atoms with E-state index >= 15 is 0 Å². The number of rotatable bonds is 0. The first-order valence-corrected chi connectivity index (χ1v) is 4.63. The third-order valence-electron chi connectivity index (χ3n) is 5.71. The molecule has 0 heteroatoms. The van der Waals surface area contributed by atoms with E-state index in [1.54, 1.807) is 19.3 Å². The fourth-order valence-electron chi connectivity index (χ4n) is 5.62. The highest BCUT2D eigenvalue weighted by Gasteiger charge is 2.95. The second-order valence-corrected chi connectivity index (χ2v) is 5.87. The number of hydrogen-bond acceptors (Lipinski definition) is 0. The van der Waals surface area contributed by atoms with E-state index in [-0.39, 0.29) is 0 Å². The van der Waals surface area contributed by atoms with Gasteiger partial charge in [-0.1, -0.05) is 13.8 Å². The summed E-state index contributed by atoms with van der Waals surface area (Å²) < 4.78 is 0. The minimum absolute atomic E-state index is 0.833. The Morgan fingerprint density at radius 1 is 1.20 bits per heavy atom. The van der Waals surface area contributed by atoms with Gasteiger partial charge in [0.2, 0.25) is 0 Å². The highest BCUT2D eigenvalue weighted by atomic mass is 15.0. The summed E-state index contributed by atoms with van der Waals surface area (Å²) in [4.78, 5) is 0. The Kier molecular flexibility index (Phi) is 0.379. The first-order chi connectivity index (χ1) is 4.63. The molecule has 6 aliphatic carbocycles. The van der Waals surface area contributed by atoms with Crippen molar-refractivity contribution in [1.82, 2.24) is 0 Å². The van der Waals surface area contributed by atoms with Crippen molar-refractivity contribution in [3.8, 4) is 0 Å². The highest BCUT2D eigenvalue weighted by molar-refractivity contribution is 5.43. The van der Waals surface area contributed by atoms with Gasteiger partial charge in [0.05, 0.1) is 0 Å². The maximum atomic E-state index is 2.55. The Morgan fingerprint density at radius 2 is 2.00 bits per heavy atom. The highest BCUT2D eigenvalue weighted by Crippen LogP contribution is 3.01. The largest absolute Gasteiger partial charge is 0.0593 e. The molecule has 5 bridgehead atoms. The second-order valence-electron chi connectivity index (χ2n) is 5.87. The molecule has 0 N–H and O–H groups in total. The van der Waals surface area contributed by atoms with Crippen molar-refractivity contribution in [3.05, 3.63) is 0 Å². The van der Waals surface area contributed by atoms with Crippen molar-refractivity contribution in [2.75, 3.05) is 0 Å². The fraction of sp³-hybridized carbons (Fsp3) is 1.00. The zero-order valence-electron chi connectivity index (χ0n) is 6.78. The van der Waals surface area contributed by atoms with Gasteiger partial charge < -0.3 is 0 Å². The first kappa shape index (κ1) is 4.79. The van der Waals surface area contributed by atoms with Crippen molar-refractivity contribution < 1.29 is 0 Å². The van der Waals surface area contributed by atoms with Gasteiger partial charge in [-0.05, 0) is 47.3 Å². The van der Waals surface area contributed by atoms with E-state index in [0.717, 1.165) is 16.2 Å². The Bertz CT molecular complexity index is 231. The van der Waals surface area contributed by atoms with Crippen LogP contribution >= 0.6 is 0 Å². The molecule has 54 valence electrons. The molecule has 1 spiro atoms. The molecule has 0 nitrogen and oxygen atoms in total. The van der Waals surface area contributed by atoms with Gasteiger partial charge in [-0.15, -0.1) is 0 Å². The zero-order chi connectivity index (χ0) is 6.78. The van der Waals surface area contributed by atoms with Crippen molar-refractivity contribution in [2.45, 2.75) is 33.1 Å². The van der Waals surface area contributed by atoms with E-state index in [2.05, 4.69) is 13.8 Å². The SMILES string of the molecule is CC12CC3(C)C4C1CC43C2. The lowest BCUT2D eigenvalue weighted by molar-refractivity contribution is 0.187. The van der Waals surface area contributed by atoms with Crippen LogP contribution in [0.15, 0.2) is 0 Å². The van der Waals surface area contributed by atoms with Gasteiger partial charge in [0.25, 0.3) is 0 Å². The van der Waals surface area contributed by atoms with Crippen molar-refractivity contribution in [3.63, 3.8) is 0 Å². The summed E-state index contributed by atoms with van der Waals surface area (Å²) in [6.07, 6.45) is 4.80. The van der Waals surface area contributed by atoms with Crippen molar-refractivity contribution in [2.24, 2.45) is 28.1 Å². The molecule has 6 aliphatic rings. The summed E-state index contributed by atoms with van der Waals surface area (Å²) in [5.41, 5.74) is 2.64. The summed E-state index contributed by atoms with van der Waals surface area (Å²) >= 11 is 0. The van der Waals surface area contributed by atoms with Crippen molar-refractivity contribution in [1.29, 1.82) is 0 Å². The maximum absolute atomic E-state index is 2.55. The van der Waals surface area contributed by atoms with Crippen LogP contribution in [-0.4, -0.2) is 0 Å². The predicted octanol–water partition coefficient (Wildman–Crippen LogP) is 2.44. The van der Waals surface area contributed by atoms with E-state index < -0.39 is 0 Å². The molecular formula is C10H14. The molecule has 0 aromatic rings. The molecule has 10 heavy (non-hydrogen) atoms. The molecule has 0 aromatic carbocycles. The molecule has 0 amide bonds. The average molecular weight is 134 g/mol. The Hall–Kier alpha value is 0. The minimum atomic E-state index is 0.833. The molecule has 6 fully saturated rings. The lowest BCUT2D eigenvalue weighted by Gasteiger charge is -2.30. The standard InChI is InChI=1S/C10H14/c1-8-4-9(2)7-6(8)3-10(7,9)5-8/h6-7H,3-5H2,1-2H3. The maximum Gasteiger partial charge on any atom is -0.0196 e. The molecule has 0 heterocycles. The summed E-state index contributed by atoms with van der Waals surface area (Å²) in [5.74, 6) is 2.39. The smallest absolute Gasteiger partial charge is 0.0196 e. The normalized spacial score (nSPS) is 87.0. The molecule has 0 aromatic heterocycles. The predicted molar refractivity (Wildman–Crippen MR) is 39.5 cm³/mol. The van der Waals surface area contributed by atoms with Gasteiger partial charge in [-0.3, -0.25) is 0 Å². The molecule has 6 rings (SSSR count). The van der Waals surface area contributed by atoms with E-state index in [1.807, 2.05) is 0 Å². The van der Waals surface area contributed by atoms with Crippen LogP contribution in [0, 0.1) is 28.1 Å². The third kappa shape index (κ3) is 0.185. The van der Waals surface area contributed by atoms with Crippen LogP contribution in [0.2, 0.25) is 0 Å². The van der Waals surface area contributed by atoms with Gasteiger partial charge in [0.15, 0.2) is 0 Å². The molecule has 6 saturated carbocycles. The minimum Gasteiger partial charge on any atom is -0.0593 e. The van der Waals surface area contributed by atoms with E-state index in [4.69, 9.17) is 0 Å². The molecule has 0 aliphatic heterocycles. The van der Waals surface area contributed by atoms with E-state index in [9.17, 15) is 0 Å². The van der Waals surface area contributed by atoms with Crippen LogP contribution in [0.25, 0.3) is 0 Å². The Labute approximate surface area is 62.0 Å². The molecule has 5 atom stereocenters. The molecule has 0 saturated heterocycles. The van der Waals surface area contributed by atoms with Crippen molar-refractivity contribution >= 4 is 0 Å². The van der Waals surface area contributed by atoms with Crippen LogP contribution in [0.3, 0.4) is 0 Å². The van der Waals surface area contributed by atoms with Gasteiger partial charge in [-0.2, -0.15) is 0 Å². The van der Waals surface area contributed by atoms with Gasteiger partial charge >= 0.3 is 0 Å². The zero-order valence-corrected chi connectivity index (χ0v) is 6.78. The van der Waals surface area contributed by atoms with Crippen LogP contribution in [0.5, 0.6) is 0 Å². The van der Waals surface area contributed by atoms with Crippen LogP contribution < -0.4 is 0 Å². The van der Waals surface area contributed by atoms with E-state index in [0.29, 0.717) is 0 Å². The fourth-order valence-corrected chi connectivity index (χ4v) is 5.62. The lowest BCUT2D eigenvalue weighted by atomic mass is 9.75. The Morgan fingerprint density at radius 3 is 2.10 bits per heavy atom. The summed E-state index contributed by atoms with van der Waals surface area (Å²) in [6.45, 7) is 5.09. The van der Waals surface area contributed by atoms with E-state index in [1.165, 1.54) is 11.8 Å². The van der Waals surface area contributed by atoms with Gasteiger partial charge in [0, 0.05) is 0 Å². The van der Waals surface area contributed by atoms with Gasteiger partial charge in [-0.25, -0.2) is 0 Å². The quantitative estimate of drug-likeness (QED) is 0.477. The molecular weight excluding hydrogens is 120 g/mol. The van der Waals surface area contributed by atoms with Crippen LogP contribution in [0.4, 0.5) is 0 Å². The average Bonchev–Trinajstić information content (AvgIpc) is 2.06. The Balaban J connectivity index is 2.07. The number of hydrogen-bond donors (Lipinski definition) is 0. The van der Waals surface area contributed by atoms with Gasteiger partial charge in [0.1, 0.15) is 0 Å². The summed E-state index contributed by atoms with van der Waals surface area (Å²) in [7, 11) is 0. The molecule has 5 unspecified atom stereocenters. The topological polar surface area (TPSA) is 0 Å². The lowest BCUT2D eigenvalue weighted by Crippen LogP contribution is -2.23.